The molecule has 3 atom stereocenters. The molecule has 6 heteroatoms. The molecule has 2 fully saturated rings. The normalized spacial score (nSPS) is 27.4. The molecule has 0 radical (unpaired) electrons. The third-order valence-corrected chi connectivity index (χ3v) is 5.63. The van der Waals surface area contributed by atoms with Gasteiger partial charge in [0.05, 0.1) is 19.8 Å². The van der Waals surface area contributed by atoms with Gasteiger partial charge >= 0.3 is 0 Å². The average molecular weight is 366 g/mol. The second kappa shape index (κ2) is 7.42. The zero-order valence-electron chi connectivity index (χ0n) is 15.4. The molecule has 3 rings (SSSR count). The maximum Gasteiger partial charge on any atom is 0.191 e. The summed E-state index contributed by atoms with van der Waals surface area (Å²) in [5, 5.41) is 7.64. The molecule has 1 aromatic rings. The molecule has 1 saturated carbocycles. The molecule has 0 amide bonds. The fraction of sp³-hybridized carbons (Fsp3) is 0.632. The molecule has 2 aliphatic rings. The summed E-state index contributed by atoms with van der Waals surface area (Å²) in [5.74, 6) is 2.17. The molecule has 0 spiro atoms. The van der Waals surface area contributed by atoms with Crippen LogP contribution in [0.5, 0.6) is 5.75 Å². The molecule has 0 bridgehead atoms. The lowest BCUT2D eigenvalue weighted by molar-refractivity contribution is -0.106. The summed E-state index contributed by atoms with van der Waals surface area (Å²) in [5.41, 5.74) is 1.13. The molecule has 2 N–H and O–H groups in total. The highest BCUT2D eigenvalue weighted by molar-refractivity contribution is 6.30. The van der Waals surface area contributed by atoms with Crippen molar-refractivity contribution in [1.82, 2.24) is 10.6 Å². The number of benzene rings is 1. The standard InChI is InChI=1S/C19H28ClN3O2/c1-5-21-18(22-11-12-6-7-13(20)10-15(12)24-4)23-16-14-8-9-25-17(14)19(16,2)3/h6-7,10,14,16-17H,5,8-9,11H2,1-4H3,(H2,21,22,23). The van der Waals surface area contributed by atoms with E-state index in [1.807, 2.05) is 18.2 Å². The quantitative estimate of drug-likeness (QED) is 0.621. The highest BCUT2D eigenvalue weighted by Gasteiger charge is 2.59. The van der Waals surface area contributed by atoms with Crippen molar-refractivity contribution in [2.45, 2.75) is 45.9 Å². The lowest BCUT2D eigenvalue weighted by Crippen LogP contribution is -2.67. The van der Waals surface area contributed by atoms with Gasteiger partial charge in [0.15, 0.2) is 5.96 Å². The number of hydrogen-bond acceptors (Lipinski definition) is 3. The summed E-state index contributed by atoms with van der Waals surface area (Å²) in [6.45, 7) is 8.83. The average Bonchev–Trinajstić information content (AvgIpc) is 3.05. The van der Waals surface area contributed by atoms with Crippen molar-refractivity contribution in [2.75, 3.05) is 20.3 Å². The second-order valence-electron chi connectivity index (χ2n) is 7.34. The molecule has 25 heavy (non-hydrogen) atoms. The van der Waals surface area contributed by atoms with Crippen LogP contribution in [0.1, 0.15) is 32.8 Å². The molecule has 1 aliphatic heterocycles. The Kier molecular flexibility index (Phi) is 5.44. The number of ether oxygens (including phenoxy) is 2. The predicted molar refractivity (Wildman–Crippen MR) is 101 cm³/mol. The van der Waals surface area contributed by atoms with Crippen LogP contribution in [0.2, 0.25) is 5.02 Å². The van der Waals surface area contributed by atoms with E-state index in [1.165, 1.54) is 0 Å². The Balaban J connectivity index is 1.72. The maximum absolute atomic E-state index is 6.03. The highest BCUT2D eigenvalue weighted by Crippen LogP contribution is 2.52. The van der Waals surface area contributed by atoms with E-state index in [9.17, 15) is 0 Å². The smallest absolute Gasteiger partial charge is 0.191 e. The Labute approximate surface area is 155 Å². The monoisotopic (exact) mass is 365 g/mol. The lowest BCUT2D eigenvalue weighted by Gasteiger charge is -2.54. The van der Waals surface area contributed by atoms with E-state index >= 15 is 0 Å². The van der Waals surface area contributed by atoms with Crippen molar-refractivity contribution in [3.8, 4) is 5.75 Å². The fourth-order valence-electron chi connectivity index (χ4n) is 4.10. The van der Waals surface area contributed by atoms with Gasteiger partial charge in [0.25, 0.3) is 0 Å². The van der Waals surface area contributed by atoms with Crippen LogP contribution in [0.4, 0.5) is 0 Å². The van der Waals surface area contributed by atoms with Crippen LogP contribution in [0.3, 0.4) is 0 Å². The zero-order valence-corrected chi connectivity index (χ0v) is 16.2. The summed E-state index contributed by atoms with van der Waals surface area (Å²) in [7, 11) is 1.65. The summed E-state index contributed by atoms with van der Waals surface area (Å²) >= 11 is 6.03. The molecule has 1 aliphatic carbocycles. The number of halogens is 1. The van der Waals surface area contributed by atoms with E-state index in [0.29, 0.717) is 29.6 Å². The number of guanidine groups is 1. The number of nitrogens with one attached hydrogen (secondary N) is 2. The van der Waals surface area contributed by atoms with Gasteiger partial charge < -0.3 is 20.1 Å². The lowest BCUT2D eigenvalue weighted by atomic mass is 9.57. The van der Waals surface area contributed by atoms with Crippen LogP contribution in [0.15, 0.2) is 23.2 Å². The van der Waals surface area contributed by atoms with Crippen molar-refractivity contribution in [3.63, 3.8) is 0 Å². The predicted octanol–water partition coefficient (Wildman–Crippen LogP) is 3.22. The number of methoxy groups -OCH3 is 1. The number of rotatable bonds is 5. The first-order chi connectivity index (χ1) is 12.0. The maximum atomic E-state index is 6.03. The topological polar surface area (TPSA) is 54.9 Å². The Morgan fingerprint density at radius 2 is 2.24 bits per heavy atom. The molecule has 138 valence electrons. The number of aliphatic imine (C=N–C) groups is 1. The van der Waals surface area contributed by atoms with Crippen LogP contribution in [-0.2, 0) is 11.3 Å². The molecular formula is C19H28ClN3O2. The van der Waals surface area contributed by atoms with Crippen LogP contribution >= 0.6 is 11.6 Å². The molecule has 0 aromatic heterocycles. The fourth-order valence-corrected chi connectivity index (χ4v) is 4.26. The van der Waals surface area contributed by atoms with Crippen molar-refractivity contribution in [1.29, 1.82) is 0 Å². The Hall–Kier alpha value is -1.46. The first-order valence-electron chi connectivity index (χ1n) is 8.96. The van der Waals surface area contributed by atoms with E-state index in [0.717, 1.165) is 36.8 Å². The molecule has 1 heterocycles. The molecule has 1 saturated heterocycles. The minimum absolute atomic E-state index is 0.120. The van der Waals surface area contributed by atoms with E-state index < -0.39 is 0 Å². The summed E-state index contributed by atoms with van der Waals surface area (Å²) in [6, 6.07) is 6.03. The molecule has 1 aromatic carbocycles. The van der Waals surface area contributed by atoms with Gasteiger partial charge in [0.1, 0.15) is 5.75 Å². The van der Waals surface area contributed by atoms with Gasteiger partial charge in [0, 0.05) is 41.1 Å². The van der Waals surface area contributed by atoms with Crippen LogP contribution in [0.25, 0.3) is 0 Å². The zero-order chi connectivity index (χ0) is 18.0. The van der Waals surface area contributed by atoms with Crippen LogP contribution < -0.4 is 15.4 Å². The SMILES string of the molecule is CCNC(=NCc1ccc(Cl)cc1OC)NC1C2CCOC2C1(C)C. The number of nitrogens with zero attached hydrogens (tertiary/aromatic N) is 1. The van der Waals surface area contributed by atoms with Gasteiger partial charge in [0.2, 0.25) is 0 Å². The highest BCUT2D eigenvalue weighted by atomic mass is 35.5. The van der Waals surface area contributed by atoms with Crippen LogP contribution in [0, 0.1) is 11.3 Å². The van der Waals surface area contributed by atoms with Gasteiger partial charge in [-0.05, 0) is 25.5 Å². The third-order valence-electron chi connectivity index (χ3n) is 5.39. The second-order valence-corrected chi connectivity index (χ2v) is 7.78. The first kappa shape index (κ1) is 18.3. The van der Waals surface area contributed by atoms with Gasteiger partial charge in [-0.3, -0.25) is 0 Å². The van der Waals surface area contributed by atoms with E-state index in [-0.39, 0.29) is 5.41 Å². The van der Waals surface area contributed by atoms with E-state index in [1.54, 1.807) is 7.11 Å². The molecule has 3 unspecified atom stereocenters. The van der Waals surface area contributed by atoms with E-state index in [2.05, 4.69) is 31.4 Å². The van der Waals surface area contributed by atoms with E-state index in [4.69, 9.17) is 26.1 Å². The van der Waals surface area contributed by atoms with Gasteiger partial charge in [-0.25, -0.2) is 4.99 Å². The molecule has 5 nitrogen and oxygen atoms in total. The minimum atomic E-state index is 0.120. The van der Waals surface area contributed by atoms with Crippen molar-refractivity contribution in [2.24, 2.45) is 16.3 Å². The largest absolute Gasteiger partial charge is 0.496 e. The van der Waals surface area contributed by atoms with Crippen molar-refractivity contribution < 1.29 is 9.47 Å². The summed E-state index contributed by atoms with van der Waals surface area (Å²) < 4.78 is 11.3. The minimum Gasteiger partial charge on any atom is -0.496 e. The summed E-state index contributed by atoms with van der Waals surface area (Å²) in [4.78, 5) is 4.75. The van der Waals surface area contributed by atoms with Crippen molar-refractivity contribution >= 4 is 17.6 Å². The number of fused-ring (bicyclic) bond motifs is 1. The summed E-state index contributed by atoms with van der Waals surface area (Å²) in [6.07, 6.45) is 1.49. The van der Waals surface area contributed by atoms with Gasteiger partial charge in [-0.1, -0.05) is 31.5 Å². The molecular weight excluding hydrogens is 338 g/mol. The first-order valence-corrected chi connectivity index (χ1v) is 9.34. The Morgan fingerprint density at radius 1 is 1.44 bits per heavy atom. The third kappa shape index (κ3) is 3.58. The van der Waals surface area contributed by atoms with Crippen LogP contribution in [-0.4, -0.2) is 38.4 Å². The number of hydrogen-bond donors (Lipinski definition) is 2. The Bertz CT molecular complexity index is 648. The van der Waals surface area contributed by atoms with Crippen molar-refractivity contribution in [3.05, 3.63) is 28.8 Å². The van der Waals surface area contributed by atoms with Gasteiger partial charge in [-0.2, -0.15) is 0 Å². The Morgan fingerprint density at radius 3 is 2.96 bits per heavy atom. The van der Waals surface area contributed by atoms with Gasteiger partial charge in [-0.15, -0.1) is 0 Å².